The molecule has 1 aromatic heterocycles. The van der Waals surface area contributed by atoms with Crippen LogP contribution in [0.4, 0.5) is 0 Å². The van der Waals surface area contributed by atoms with Gasteiger partial charge >= 0.3 is 0 Å². The molecule has 0 amide bonds. The summed E-state index contributed by atoms with van der Waals surface area (Å²) in [4.78, 5) is 0. The van der Waals surface area contributed by atoms with Gasteiger partial charge in [0.25, 0.3) is 0 Å². The van der Waals surface area contributed by atoms with E-state index in [2.05, 4.69) is 18.9 Å². The highest BCUT2D eigenvalue weighted by molar-refractivity contribution is 6.31. The number of halogens is 1. The number of aliphatic hydroxyl groups is 1. The number of fused-ring (bicyclic) bond motifs is 2. The topological polar surface area (TPSA) is 38.0 Å². The number of hydrogen-bond acceptors (Lipinski definition) is 2. The van der Waals surface area contributed by atoms with Crippen molar-refractivity contribution >= 4 is 11.6 Å². The minimum absolute atomic E-state index is 0.237. The van der Waals surface area contributed by atoms with Crippen LogP contribution >= 0.6 is 11.6 Å². The Bertz CT molecular complexity index is 443. The Morgan fingerprint density at radius 1 is 1.53 bits per heavy atom. The Balaban J connectivity index is 2.07. The minimum atomic E-state index is -0.735. The number of nitrogens with zero attached hydrogens (tertiary/aromatic N) is 2. The standard InChI is InChI=1S/C13H19ClN2O/c1-8(2)16-12(11(14)7-15-16)13(17)6-9-3-4-10(13)5-9/h7-10,17H,3-6H2,1-2H3. The molecule has 3 unspecified atom stereocenters. The lowest BCUT2D eigenvalue weighted by molar-refractivity contribution is -0.0268. The van der Waals surface area contributed by atoms with Crippen LogP contribution in [0.2, 0.25) is 5.02 Å². The minimum Gasteiger partial charge on any atom is -0.383 e. The fourth-order valence-electron chi connectivity index (χ4n) is 3.73. The first kappa shape index (κ1) is 11.5. The molecule has 0 spiro atoms. The maximum absolute atomic E-state index is 11.0. The predicted molar refractivity (Wildman–Crippen MR) is 67.0 cm³/mol. The first-order chi connectivity index (χ1) is 8.02. The first-order valence-corrected chi connectivity index (χ1v) is 6.86. The second-order valence-electron chi connectivity index (χ2n) is 5.88. The molecule has 0 saturated heterocycles. The van der Waals surface area contributed by atoms with Crippen molar-refractivity contribution in [1.29, 1.82) is 0 Å². The van der Waals surface area contributed by atoms with Crippen LogP contribution in [0.1, 0.15) is 51.3 Å². The summed E-state index contributed by atoms with van der Waals surface area (Å²) < 4.78 is 1.89. The van der Waals surface area contributed by atoms with Gasteiger partial charge in [0.1, 0.15) is 5.60 Å². The van der Waals surface area contributed by atoms with Gasteiger partial charge in [-0.05, 0) is 51.4 Å². The van der Waals surface area contributed by atoms with Crippen LogP contribution in [0, 0.1) is 11.8 Å². The van der Waals surface area contributed by atoms with Gasteiger partial charge < -0.3 is 5.11 Å². The summed E-state index contributed by atoms with van der Waals surface area (Å²) in [7, 11) is 0. The summed E-state index contributed by atoms with van der Waals surface area (Å²) in [6.45, 7) is 4.15. The fourth-order valence-corrected chi connectivity index (χ4v) is 4.02. The van der Waals surface area contributed by atoms with Crippen LogP contribution in [-0.4, -0.2) is 14.9 Å². The normalized spacial score (nSPS) is 36.1. The summed E-state index contributed by atoms with van der Waals surface area (Å²) >= 11 is 6.25. The second-order valence-corrected chi connectivity index (χ2v) is 6.29. The van der Waals surface area contributed by atoms with Gasteiger partial charge in [-0.2, -0.15) is 5.10 Å². The van der Waals surface area contributed by atoms with Crippen molar-refractivity contribution in [2.75, 3.05) is 0 Å². The predicted octanol–water partition coefficient (Wildman–Crippen LogP) is 3.13. The Labute approximate surface area is 107 Å². The van der Waals surface area contributed by atoms with E-state index in [1.54, 1.807) is 6.20 Å². The maximum Gasteiger partial charge on any atom is 0.111 e. The molecular weight excluding hydrogens is 236 g/mol. The van der Waals surface area contributed by atoms with Crippen molar-refractivity contribution in [3.63, 3.8) is 0 Å². The third kappa shape index (κ3) is 1.55. The first-order valence-electron chi connectivity index (χ1n) is 6.48. The molecule has 3 atom stereocenters. The van der Waals surface area contributed by atoms with E-state index in [0.717, 1.165) is 25.0 Å². The Morgan fingerprint density at radius 2 is 2.29 bits per heavy atom. The number of hydrogen-bond donors (Lipinski definition) is 1. The van der Waals surface area contributed by atoms with Crippen LogP contribution in [-0.2, 0) is 5.60 Å². The lowest BCUT2D eigenvalue weighted by Gasteiger charge is -2.34. The molecule has 2 saturated carbocycles. The average molecular weight is 255 g/mol. The Morgan fingerprint density at radius 3 is 2.82 bits per heavy atom. The molecular formula is C13H19ClN2O. The lowest BCUT2D eigenvalue weighted by Crippen LogP contribution is -2.35. The highest BCUT2D eigenvalue weighted by Crippen LogP contribution is 2.56. The van der Waals surface area contributed by atoms with Gasteiger partial charge in [-0.1, -0.05) is 11.6 Å². The molecule has 1 aromatic rings. The average Bonchev–Trinajstić information content (AvgIpc) is 2.90. The van der Waals surface area contributed by atoms with Crippen molar-refractivity contribution in [2.45, 2.75) is 51.2 Å². The van der Waals surface area contributed by atoms with Crippen molar-refractivity contribution in [2.24, 2.45) is 11.8 Å². The van der Waals surface area contributed by atoms with Crippen molar-refractivity contribution in [3.8, 4) is 0 Å². The largest absolute Gasteiger partial charge is 0.383 e. The molecule has 17 heavy (non-hydrogen) atoms. The summed E-state index contributed by atoms with van der Waals surface area (Å²) in [5.41, 5.74) is 0.113. The van der Waals surface area contributed by atoms with E-state index in [1.807, 2.05) is 4.68 Å². The van der Waals surface area contributed by atoms with Crippen LogP contribution in [0.3, 0.4) is 0 Å². The SMILES string of the molecule is CC(C)n1ncc(Cl)c1C1(O)CC2CCC1C2. The quantitative estimate of drug-likeness (QED) is 0.881. The Hall–Kier alpha value is -0.540. The zero-order valence-corrected chi connectivity index (χ0v) is 11.1. The van der Waals surface area contributed by atoms with Gasteiger partial charge in [-0.3, -0.25) is 4.68 Å². The molecule has 2 aliphatic rings. The van der Waals surface area contributed by atoms with Gasteiger partial charge in [-0.25, -0.2) is 0 Å². The summed E-state index contributed by atoms with van der Waals surface area (Å²) in [6.07, 6.45) is 6.06. The van der Waals surface area contributed by atoms with E-state index < -0.39 is 5.60 Å². The Kier molecular flexibility index (Phi) is 2.53. The van der Waals surface area contributed by atoms with Crippen molar-refractivity contribution in [3.05, 3.63) is 16.9 Å². The van der Waals surface area contributed by atoms with E-state index in [9.17, 15) is 5.11 Å². The third-order valence-corrected chi connectivity index (χ3v) is 4.74. The van der Waals surface area contributed by atoms with Crippen LogP contribution in [0.25, 0.3) is 0 Å². The van der Waals surface area contributed by atoms with E-state index in [0.29, 0.717) is 16.9 Å². The number of aromatic nitrogens is 2. The molecule has 0 aliphatic heterocycles. The summed E-state index contributed by atoms with van der Waals surface area (Å²) in [6, 6.07) is 0.237. The summed E-state index contributed by atoms with van der Waals surface area (Å²) in [5.74, 6) is 1.05. The van der Waals surface area contributed by atoms with E-state index in [1.165, 1.54) is 6.42 Å². The molecule has 4 heteroatoms. The summed E-state index contributed by atoms with van der Waals surface area (Å²) in [5, 5.41) is 15.9. The molecule has 1 heterocycles. The fraction of sp³-hybridized carbons (Fsp3) is 0.769. The molecule has 1 N–H and O–H groups in total. The molecule has 2 aliphatic carbocycles. The zero-order chi connectivity index (χ0) is 12.2. The van der Waals surface area contributed by atoms with E-state index >= 15 is 0 Å². The molecule has 94 valence electrons. The molecule has 3 nitrogen and oxygen atoms in total. The van der Waals surface area contributed by atoms with Gasteiger partial charge in [0.15, 0.2) is 0 Å². The van der Waals surface area contributed by atoms with Crippen molar-refractivity contribution in [1.82, 2.24) is 9.78 Å². The maximum atomic E-state index is 11.0. The zero-order valence-electron chi connectivity index (χ0n) is 10.4. The van der Waals surface area contributed by atoms with E-state index in [4.69, 9.17) is 11.6 Å². The smallest absolute Gasteiger partial charge is 0.111 e. The monoisotopic (exact) mass is 254 g/mol. The number of rotatable bonds is 2. The molecule has 2 fully saturated rings. The lowest BCUT2D eigenvalue weighted by atomic mass is 9.81. The molecule has 2 bridgehead atoms. The van der Waals surface area contributed by atoms with Crippen LogP contribution in [0.15, 0.2) is 6.20 Å². The van der Waals surface area contributed by atoms with Gasteiger partial charge in [0.2, 0.25) is 0 Å². The van der Waals surface area contributed by atoms with Crippen LogP contribution in [0.5, 0.6) is 0 Å². The van der Waals surface area contributed by atoms with Crippen LogP contribution < -0.4 is 0 Å². The van der Waals surface area contributed by atoms with Gasteiger partial charge in [0, 0.05) is 6.04 Å². The van der Waals surface area contributed by atoms with Gasteiger partial charge in [-0.15, -0.1) is 0 Å². The highest BCUT2D eigenvalue weighted by Gasteiger charge is 2.53. The third-order valence-electron chi connectivity index (χ3n) is 4.47. The molecule has 3 rings (SSSR count). The van der Waals surface area contributed by atoms with Crippen molar-refractivity contribution < 1.29 is 5.11 Å². The molecule has 0 radical (unpaired) electrons. The molecule has 0 aromatic carbocycles. The second kappa shape index (κ2) is 3.72. The highest BCUT2D eigenvalue weighted by atomic mass is 35.5. The van der Waals surface area contributed by atoms with Gasteiger partial charge in [0.05, 0.1) is 16.9 Å². The van der Waals surface area contributed by atoms with E-state index in [-0.39, 0.29) is 6.04 Å².